The number of nitrogens with one attached hydrogen (secondary N) is 1. The van der Waals surface area contributed by atoms with Gasteiger partial charge < -0.3 is 10.4 Å². The summed E-state index contributed by atoms with van der Waals surface area (Å²) < 4.78 is 2.00. The minimum atomic E-state index is 0.0459. The van der Waals surface area contributed by atoms with Gasteiger partial charge in [0.05, 0.1) is 18.8 Å². The molecule has 1 atom stereocenters. The fourth-order valence-corrected chi connectivity index (χ4v) is 1.81. The average Bonchev–Trinajstić information content (AvgIpc) is 2.58. The summed E-state index contributed by atoms with van der Waals surface area (Å²) in [6.45, 7) is 0.968. The van der Waals surface area contributed by atoms with E-state index in [1.807, 2.05) is 17.8 Å². The van der Waals surface area contributed by atoms with E-state index in [1.165, 1.54) is 5.69 Å². The van der Waals surface area contributed by atoms with Crippen molar-refractivity contribution in [1.29, 1.82) is 0 Å². The largest absolute Gasteiger partial charge is 0.390 e. The van der Waals surface area contributed by atoms with Crippen molar-refractivity contribution >= 4 is 0 Å². The molecule has 0 saturated heterocycles. The van der Waals surface area contributed by atoms with Crippen LogP contribution in [0.15, 0.2) is 6.07 Å². The smallest absolute Gasteiger partial charge is 0.0881 e. The lowest BCUT2D eigenvalue weighted by Gasteiger charge is -2.22. The van der Waals surface area contributed by atoms with Gasteiger partial charge in [0.2, 0.25) is 0 Å². The second-order valence-corrected chi connectivity index (χ2v) is 3.49. The van der Waals surface area contributed by atoms with Crippen LogP contribution in [0.5, 0.6) is 0 Å². The molecule has 2 heterocycles. The quantitative estimate of drug-likeness (QED) is 0.670. The molecule has 13 heavy (non-hydrogen) atoms. The second-order valence-electron chi connectivity index (χ2n) is 3.49. The summed E-state index contributed by atoms with van der Waals surface area (Å²) in [5.74, 6) is 0. The molecular formula is C9H15N3O. The summed E-state index contributed by atoms with van der Waals surface area (Å²) in [4.78, 5) is 0. The Morgan fingerprint density at radius 1 is 1.77 bits per heavy atom. The predicted molar refractivity (Wildman–Crippen MR) is 49.3 cm³/mol. The van der Waals surface area contributed by atoms with Crippen LogP contribution in [0.25, 0.3) is 0 Å². The summed E-state index contributed by atoms with van der Waals surface area (Å²) in [5, 5.41) is 16.5. The number of aryl methyl sites for hydroxylation is 1. The molecule has 2 rings (SSSR count). The molecule has 1 aliphatic rings. The number of likely N-dealkylation sites (N-methyl/N-ethyl adjacent to an activating group) is 1. The van der Waals surface area contributed by atoms with Gasteiger partial charge in [-0.2, -0.15) is 5.10 Å². The average molecular weight is 181 g/mol. The van der Waals surface area contributed by atoms with Crippen molar-refractivity contribution in [2.75, 3.05) is 7.05 Å². The minimum absolute atomic E-state index is 0.0459. The Morgan fingerprint density at radius 3 is 3.31 bits per heavy atom. The fraction of sp³-hybridized carbons (Fsp3) is 0.667. The molecule has 0 bridgehead atoms. The van der Waals surface area contributed by atoms with Crippen LogP contribution < -0.4 is 5.32 Å². The molecule has 1 aliphatic heterocycles. The van der Waals surface area contributed by atoms with E-state index in [9.17, 15) is 0 Å². The Labute approximate surface area is 77.6 Å². The molecule has 4 nitrogen and oxygen atoms in total. The zero-order valence-corrected chi connectivity index (χ0v) is 7.82. The third-order valence-corrected chi connectivity index (χ3v) is 2.63. The van der Waals surface area contributed by atoms with Gasteiger partial charge in [0.15, 0.2) is 0 Å². The van der Waals surface area contributed by atoms with E-state index in [2.05, 4.69) is 10.4 Å². The van der Waals surface area contributed by atoms with Gasteiger partial charge in [0.25, 0.3) is 0 Å². The SMILES string of the molecule is CNC1CCc2cc(CO)nn2C1. The Balaban J connectivity index is 2.19. The normalized spacial score (nSPS) is 21.5. The van der Waals surface area contributed by atoms with Crippen molar-refractivity contribution in [3.63, 3.8) is 0 Å². The Bertz CT molecular complexity index is 295. The van der Waals surface area contributed by atoms with Crippen LogP contribution in [-0.2, 0) is 19.6 Å². The van der Waals surface area contributed by atoms with E-state index in [0.717, 1.165) is 25.1 Å². The number of fused-ring (bicyclic) bond motifs is 1. The highest BCUT2D eigenvalue weighted by atomic mass is 16.3. The first kappa shape index (κ1) is 8.72. The van der Waals surface area contributed by atoms with Gasteiger partial charge in [0, 0.05) is 11.7 Å². The zero-order chi connectivity index (χ0) is 9.26. The van der Waals surface area contributed by atoms with Gasteiger partial charge in [-0.15, -0.1) is 0 Å². The molecule has 0 radical (unpaired) electrons. The summed E-state index contributed by atoms with van der Waals surface area (Å²) in [5.41, 5.74) is 2.03. The maximum absolute atomic E-state index is 8.92. The number of hydrogen-bond acceptors (Lipinski definition) is 3. The van der Waals surface area contributed by atoms with Gasteiger partial charge in [-0.1, -0.05) is 0 Å². The van der Waals surface area contributed by atoms with Crippen molar-refractivity contribution in [1.82, 2.24) is 15.1 Å². The number of hydrogen-bond donors (Lipinski definition) is 2. The third-order valence-electron chi connectivity index (χ3n) is 2.63. The molecule has 0 aromatic carbocycles. The summed E-state index contributed by atoms with van der Waals surface area (Å²) >= 11 is 0. The van der Waals surface area contributed by atoms with E-state index in [1.54, 1.807) is 0 Å². The van der Waals surface area contributed by atoms with Crippen LogP contribution in [-0.4, -0.2) is 28.0 Å². The minimum Gasteiger partial charge on any atom is -0.390 e. The standard InChI is InChI=1S/C9H15N3O/c1-10-7-2-3-9-4-8(6-13)11-12(9)5-7/h4,7,10,13H,2-3,5-6H2,1H3. The van der Waals surface area contributed by atoms with Crippen LogP contribution in [0.2, 0.25) is 0 Å². The number of aliphatic hydroxyl groups is 1. The van der Waals surface area contributed by atoms with Crippen LogP contribution in [0.4, 0.5) is 0 Å². The first-order valence-electron chi connectivity index (χ1n) is 4.67. The van der Waals surface area contributed by atoms with Gasteiger partial charge >= 0.3 is 0 Å². The van der Waals surface area contributed by atoms with Gasteiger partial charge in [-0.3, -0.25) is 4.68 Å². The maximum atomic E-state index is 8.92. The molecule has 1 unspecified atom stereocenters. The van der Waals surface area contributed by atoms with Crippen LogP contribution in [0.1, 0.15) is 17.8 Å². The summed E-state index contributed by atoms with van der Waals surface area (Å²) in [6.07, 6.45) is 2.21. The molecule has 1 aromatic heterocycles. The van der Waals surface area contributed by atoms with Gasteiger partial charge in [-0.25, -0.2) is 0 Å². The molecule has 0 aliphatic carbocycles. The molecule has 4 heteroatoms. The van der Waals surface area contributed by atoms with E-state index in [0.29, 0.717) is 6.04 Å². The first-order valence-corrected chi connectivity index (χ1v) is 4.67. The monoisotopic (exact) mass is 181 g/mol. The highest BCUT2D eigenvalue weighted by Crippen LogP contribution is 2.15. The second kappa shape index (κ2) is 3.47. The highest BCUT2D eigenvalue weighted by molar-refractivity contribution is 5.12. The van der Waals surface area contributed by atoms with E-state index in [-0.39, 0.29) is 6.61 Å². The lowest BCUT2D eigenvalue weighted by molar-refractivity contribution is 0.274. The zero-order valence-electron chi connectivity index (χ0n) is 7.82. The molecular weight excluding hydrogens is 166 g/mol. The molecule has 2 N–H and O–H groups in total. The van der Waals surface area contributed by atoms with Crippen molar-refractivity contribution in [2.24, 2.45) is 0 Å². The maximum Gasteiger partial charge on any atom is 0.0881 e. The van der Waals surface area contributed by atoms with E-state index < -0.39 is 0 Å². The predicted octanol–water partition coefficient (Wildman–Crippen LogP) is -0.0904. The molecule has 1 aromatic rings. The van der Waals surface area contributed by atoms with E-state index in [4.69, 9.17) is 5.11 Å². The fourth-order valence-electron chi connectivity index (χ4n) is 1.81. The lowest BCUT2D eigenvalue weighted by Crippen LogP contribution is -2.35. The van der Waals surface area contributed by atoms with Gasteiger partial charge in [-0.05, 0) is 26.0 Å². The van der Waals surface area contributed by atoms with Crippen LogP contribution >= 0.6 is 0 Å². The number of rotatable bonds is 2. The Kier molecular flexibility index (Phi) is 2.33. The number of nitrogens with zero attached hydrogens (tertiary/aromatic N) is 2. The number of aromatic nitrogens is 2. The van der Waals surface area contributed by atoms with Crippen molar-refractivity contribution in [3.8, 4) is 0 Å². The summed E-state index contributed by atoms with van der Waals surface area (Å²) in [7, 11) is 1.98. The van der Waals surface area contributed by atoms with Crippen LogP contribution in [0, 0.1) is 0 Å². The van der Waals surface area contributed by atoms with Gasteiger partial charge in [0.1, 0.15) is 0 Å². The third kappa shape index (κ3) is 1.59. The Hall–Kier alpha value is -0.870. The topological polar surface area (TPSA) is 50.1 Å². The van der Waals surface area contributed by atoms with Crippen molar-refractivity contribution in [3.05, 3.63) is 17.5 Å². The number of aliphatic hydroxyl groups excluding tert-OH is 1. The first-order chi connectivity index (χ1) is 6.33. The molecule has 72 valence electrons. The van der Waals surface area contributed by atoms with Crippen molar-refractivity contribution < 1.29 is 5.11 Å². The van der Waals surface area contributed by atoms with Crippen LogP contribution in [0.3, 0.4) is 0 Å². The highest BCUT2D eigenvalue weighted by Gasteiger charge is 2.18. The van der Waals surface area contributed by atoms with E-state index >= 15 is 0 Å². The molecule has 0 spiro atoms. The summed E-state index contributed by atoms with van der Waals surface area (Å²) in [6, 6.07) is 2.52. The Morgan fingerprint density at radius 2 is 2.62 bits per heavy atom. The molecule has 0 fully saturated rings. The van der Waals surface area contributed by atoms with Crippen molar-refractivity contribution in [2.45, 2.75) is 32.0 Å². The molecule has 0 saturated carbocycles. The lowest BCUT2D eigenvalue weighted by atomic mass is 10.1. The molecule has 0 amide bonds.